The molecule has 1 heterocycles. The molecule has 0 saturated heterocycles. The lowest BCUT2D eigenvalue weighted by Gasteiger charge is -2.18. The zero-order valence-corrected chi connectivity index (χ0v) is 20.9. The van der Waals surface area contributed by atoms with E-state index in [2.05, 4.69) is 24.6 Å². The van der Waals surface area contributed by atoms with Crippen LogP contribution in [-0.2, 0) is 7.05 Å². The fourth-order valence-corrected chi connectivity index (χ4v) is 3.89. The topological polar surface area (TPSA) is 43.3 Å². The summed E-state index contributed by atoms with van der Waals surface area (Å²) >= 11 is 1.55. The van der Waals surface area contributed by atoms with Crippen molar-refractivity contribution in [3.63, 3.8) is 0 Å². The molecule has 3 aromatic rings. The van der Waals surface area contributed by atoms with E-state index in [4.69, 9.17) is 4.74 Å². The first-order chi connectivity index (χ1) is 16.2. The van der Waals surface area contributed by atoms with Gasteiger partial charge in [-0.1, -0.05) is 51.3 Å². The summed E-state index contributed by atoms with van der Waals surface area (Å²) in [6.45, 7) is 8.07. The Bertz CT molecular complexity index is 1250. The molecule has 0 aliphatic rings. The molecule has 0 aliphatic heterocycles. The number of hydrogen-bond acceptors (Lipinski definition) is 4. The lowest BCUT2D eigenvalue weighted by molar-refractivity contribution is 0.439. The van der Waals surface area contributed by atoms with Gasteiger partial charge >= 0.3 is 0 Å². The Balaban J connectivity index is 2.23. The van der Waals surface area contributed by atoms with E-state index in [1.165, 1.54) is 10.6 Å². The minimum atomic E-state index is -0.789. The van der Waals surface area contributed by atoms with Crippen molar-refractivity contribution < 1.29 is 13.5 Å². The Hall–Kier alpha value is -3.06. The lowest BCUT2D eigenvalue weighted by atomic mass is 9.95. The van der Waals surface area contributed by atoms with Crippen LogP contribution in [0.1, 0.15) is 38.3 Å². The molecule has 34 heavy (non-hydrogen) atoms. The van der Waals surface area contributed by atoms with E-state index in [9.17, 15) is 13.6 Å². The first kappa shape index (κ1) is 25.6. The maximum absolute atomic E-state index is 14.4. The van der Waals surface area contributed by atoms with E-state index in [1.807, 2.05) is 25.1 Å². The first-order valence-corrected chi connectivity index (χ1v) is 12.3. The van der Waals surface area contributed by atoms with Crippen molar-refractivity contribution in [1.82, 2.24) is 4.57 Å². The van der Waals surface area contributed by atoms with Gasteiger partial charge in [0.25, 0.3) is 5.56 Å². The first-order valence-electron chi connectivity index (χ1n) is 11.3. The van der Waals surface area contributed by atoms with Crippen LogP contribution in [0.4, 0.5) is 14.5 Å². The second-order valence-corrected chi connectivity index (χ2v) is 9.24. The summed E-state index contributed by atoms with van der Waals surface area (Å²) in [5.41, 5.74) is 3.62. The van der Waals surface area contributed by atoms with Gasteiger partial charge in [-0.2, -0.15) is 0 Å². The highest BCUT2D eigenvalue weighted by atomic mass is 32.2. The SMILES string of the molecule is CCSNc1ccc(Oc2ccc(F)cc2F)c(-c2cn(C)c(=O)c(C)c2/C=C\C(C)CC)c1. The Morgan fingerprint density at radius 1 is 1.12 bits per heavy atom. The normalized spacial score (nSPS) is 12.2. The molecule has 4 nitrogen and oxygen atoms in total. The van der Waals surface area contributed by atoms with Crippen LogP contribution in [0.15, 0.2) is 53.5 Å². The van der Waals surface area contributed by atoms with Gasteiger partial charge in [0.15, 0.2) is 11.6 Å². The van der Waals surface area contributed by atoms with Gasteiger partial charge in [-0.25, -0.2) is 8.78 Å². The van der Waals surface area contributed by atoms with Crippen LogP contribution in [0.25, 0.3) is 17.2 Å². The Morgan fingerprint density at radius 2 is 1.85 bits per heavy atom. The van der Waals surface area contributed by atoms with Gasteiger partial charge < -0.3 is 14.0 Å². The maximum Gasteiger partial charge on any atom is 0.253 e. The van der Waals surface area contributed by atoms with Crippen LogP contribution < -0.4 is 15.0 Å². The van der Waals surface area contributed by atoms with Crippen molar-refractivity contribution in [1.29, 1.82) is 0 Å². The molecule has 0 saturated carbocycles. The molecule has 0 bridgehead atoms. The molecule has 7 heteroatoms. The van der Waals surface area contributed by atoms with E-state index in [1.54, 1.807) is 38.2 Å². The van der Waals surface area contributed by atoms with Crippen LogP contribution in [0.5, 0.6) is 11.5 Å². The van der Waals surface area contributed by atoms with Crippen molar-refractivity contribution in [2.45, 2.75) is 34.1 Å². The lowest BCUT2D eigenvalue weighted by Crippen LogP contribution is -2.20. The van der Waals surface area contributed by atoms with E-state index in [0.717, 1.165) is 41.1 Å². The van der Waals surface area contributed by atoms with Crippen molar-refractivity contribution >= 4 is 23.7 Å². The third-order valence-electron chi connectivity index (χ3n) is 5.61. The largest absolute Gasteiger partial charge is 0.454 e. The number of benzene rings is 2. The third-order valence-corrected chi connectivity index (χ3v) is 6.28. The van der Waals surface area contributed by atoms with Crippen molar-refractivity contribution in [3.8, 4) is 22.6 Å². The molecule has 1 atom stereocenters. The smallest absolute Gasteiger partial charge is 0.253 e. The quantitative estimate of drug-likeness (QED) is 0.318. The summed E-state index contributed by atoms with van der Waals surface area (Å²) in [6, 6.07) is 8.72. The highest BCUT2D eigenvalue weighted by Crippen LogP contribution is 2.39. The van der Waals surface area contributed by atoms with Crippen LogP contribution in [0.3, 0.4) is 0 Å². The summed E-state index contributed by atoms with van der Waals surface area (Å²) in [6.07, 6.45) is 6.80. The van der Waals surface area contributed by atoms with Crippen molar-refractivity contribution in [2.24, 2.45) is 13.0 Å². The van der Waals surface area contributed by atoms with Crippen LogP contribution in [-0.4, -0.2) is 10.3 Å². The van der Waals surface area contributed by atoms with E-state index in [-0.39, 0.29) is 11.3 Å². The number of nitrogens with one attached hydrogen (secondary N) is 1. The predicted molar refractivity (Wildman–Crippen MR) is 139 cm³/mol. The molecule has 0 amide bonds. The second kappa shape index (κ2) is 11.4. The van der Waals surface area contributed by atoms with E-state index in [0.29, 0.717) is 22.8 Å². The highest BCUT2D eigenvalue weighted by Gasteiger charge is 2.18. The summed E-state index contributed by atoms with van der Waals surface area (Å²) in [7, 11) is 1.70. The molecule has 0 radical (unpaired) electrons. The average Bonchev–Trinajstić information content (AvgIpc) is 2.82. The maximum atomic E-state index is 14.4. The van der Waals surface area contributed by atoms with Gasteiger partial charge in [-0.15, -0.1) is 0 Å². The van der Waals surface area contributed by atoms with E-state index < -0.39 is 11.6 Å². The highest BCUT2D eigenvalue weighted by molar-refractivity contribution is 8.00. The molecule has 0 fully saturated rings. The summed E-state index contributed by atoms with van der Waals surface area (Å²) < 4.78 is 38.6. The Morgan fingerprint density at radius 3 is 2.53 bits per heavy atom. The number of pyridine rings is 1. The summed E-state index contributed by atoms with van der Waals surface area (Å²) in [5, 5.41) is 0. The third kappa shape index (κ3) is 5.89. The molecule has 2 aromatic carbocycles. The van der Waals surface area contributed by atoms with Crippen LogP contribution in [0.2, 0.25) is 0 Å². The summed E-state index contributed by atoms with van der Waals surface area (Å²) in [4.78, 5) is 12.7. The molecule has 0 aliphatic carbocycles. The zero-order chi connectivity index (χ0) is 24.8. The number of hydrogen-bond donors (Lipinski definition) is 1. The van der Waals surface area contributed by atoms with Gasteiger partial charge in [-0.3, -0.25) is 4.79 Å². The molecule has 1 unspecified atom stereocenters. The number of ether oxygens (including phenoxy) is 1. The minimum Gasteiger partial charge on any atom is -0.454 e. The Labute approximate surface area is 203 Å². The van der Waals surface area contributed by atoms with Gasteiger partial charge in [-0.05, 0) is 48.7 Å². The van der Waals surface area contributed by atoms with Gasteiger partial charge in [0.05, 0.1) is 0 Å². The molecular weight excluding hydrogens is 454 g/mol. The number of aryl methyl sites for hydroxylation is 1. The van der Waals surface area contributed by atoms with Crippen LogP contribution >= 0.6 is 11.9 Å². The van der Waals surface area contributed by atoms with Gasteiger partial charge in [0, 0.05) is 47.4 Å². The number of halogens is 2. The van der Waals surface area contributed by atoms with Gasteiger partial charge in [0.2, 0.25) is 0 Å². The average molecular weight is 485 g/mol. The number of nitrogens with zero attached hydrogens (tertiary/aromatic N) is 1. The number of aromatic nitrogens is 1. The standard InChI is InChI=1S/C27H30F2N2O2S/c1-6-17(3)8-11-21-18(4)27(32)31(5)16-23(21)22-15-20(30-34-7-2)10-13-25(22)33-26-12-9-19(28)14-24(26)29/h8-17,30H,6-7H2,1-5H3/b11-8-. The molecule has 3 rings (SSSR count). The minimum absolute atomic E-state index is 0.0791. The monoisotopic (exact) mass is 484 g/mol. The van der Waals surface area contributed by atoms with Crippen molar-refractivity contribution in [3.05, 3.63) is 81.8 Å². The molecular formula is C27H30F2N2O2S. The van der Waals surface area contributed by atoms with E-state index >= 15 is 0 Å². The Kier molecular flexibility index (Phi) is 8.56. The summed E-state index contributed by atoms with van der Waals surface area (Å²) in [5.74, 6) is 0.0687. The number of allylic oxidation sites excluding steroid dienone is 1. The predicted octanol–water partition coefficient (Wildman–Crippen LogP) is 7.57. The number of rotatable bonds is 9. The van der Waals surface area contributed by atoms with Crippen molar-refractivity contribution in [2.75, 3.05) is 10.5 Å². The fourth-order valence-electron chi connectivity index (χ4n) is 3.45. The molecule has 1 aromatic heterocycles. The molecule has 1 N–H and O–H groups in total. The number of anilines is 1. The van der Waals surface area contributed by atoms with Crippen LogP contribution in [0, 0.1) is 24.5 Å². The second-order valence-electron chi connectivity index (χ2n) is 8.16. The fraction of sp³-hybridized carbons (Fsp3) is 0.296. The van der Waals surface area contributed by atoms with Gasteiger partial charge in [0.1, 0.15) is 11.6 Å². The molecule has 180 valence electrons. The molecule has 0 spiro atoms. The zero-order valence-electron chi connectivity index (χ0n) is 20.1.